The van der Waals surface area contributed by atoms with Crippen molar-refractivity contribution in [3.8, 4) is 0 Å². The van der Waals surface area contributed by atoms with Gasteiger partial charge in [-0.1, -0.05) is 11.6 Å². The first-order chi connectivity index (χ1) is 14.4. The average Bonchev–Trinajstić information content (AvgIpc) is 2.80. The van der Waals surface area contributed by atoms with E-state index in [2.05, 4.69) is 14.9 Å². The van der Waals surface area contributed by atoms with E-state index in [-0.39, 0.29) is 23.3 Å². The minimum absolute atomic E-state index is 0.0274. The fourth-order valence-corrected chi connectivity index (χ4v) is 5.61. The Bertz CT molecular complexity index is 979. The van der Waals surface area contributed by atoms with Gasteiger partial charge in [-0.05, 0) is 43.2 Å². The van der Waals surface area contributed by atoms with Crippen LogP contribution in [0, 0.1) is 5.92 Å². The van der Waals surface area contributed by atoms with Crippen LogP contribution >= 0.6 is 11.6 Å². The standard InChI is InChI=1S/C20H24ClN5O3S/c21-17-4-6-18(7-5-17)30(28,29)26-10-1-3-16(15-26)19(27)24-11-13-25(14-12-24)20-22-8-2-9-23-20/h2,4-9,16H,1,3,10-15H2. The summed E-state index contributed by atoms with van der Waals surface area (Å²) in [6, 6.07) is 7.92. The maximum atomic E-state index is 13.1. The van der Waals surface area contributed by atoms with Gasteiger partial charge in [0.05, 0.1) is 10.8 Å². The van der Waals surface area contributed by atoms with E-state index in [0.29, 0.717) is 56.5 Å². The van der Waals surface area contributed by atoms with E-state index < -0.39 is 10.0 Å². The number of halogens is 1. The zero-order chi connectivity index (χ0) is 21.1. The van der Waals surface area contributed by atoms with Crippen LogP contribution in [-0.4, -0.2) is 72.8 Å². The quantitative estimate of drug-likeness (QED) is 0.708. The van der Waals surface area contributed by atoms with Crippen LogP contribution in [0.25, 0.3) is 0 Å². The van der Waals surface area contributed by atoms with Crippen molar-refractivity contribution in [2.75, 3.05) is 44.2 Å². The maximum Gasteiger partial charge on any atom is 0.243 e. The third-order valence-corrected chi connectivity index (χ3v) is 7.74. The molecular weight excluding hydrogens is 426 g/mol. The Kier molecular flexibility index (Phi) is 6.21. The molecule has 2 aromatic rings. The number of rotatable bonds is 4. The summed E-state index contributed by atoms with van der Waals surface area (Å²) in [4.78, 5) is 25.7. The highest BCUT2D eigenvalue weighted by molar-refractivity contribution is 7.89. The third kappa shape index (κ3) is 4.43. The Morgan fingerprint density at radius 3 is 2.33 bits per heavy atom. The summed E-state index contributed by atoms with van der Waals surface area (Å²) in [6.07, 6.45) is 4.78. The molecule has 2 saturated heterocycles. The van der Waals surface area contributed by atoms with E-state index in [1.54, 1.807) is 30.6 Å². The molecule has 1 amide bonds. The molecule has 10 heteroatoms. The van der Waals surface area contributed by atoms with Gasteiger partial charge in [-0.15, -0.1) is 0 Å². The second-order valence-corrected chi connectivity index (χ2v) is 9.89. The first-order valence-corrected chi connectivity index (χ1v) is 11.8. The molecule has 160 valence electrons. The number of amides is 1. The number of benzene rings is 1. The molecule has 4 rings (SSSR count). The molecule has 2 aliphatic rings. The molecule has 0 saturated carbocycles. The Hall–Kier alpha value is -2.23. The molecule has 1 atom stereocenters. The van der Waals surface area contributed by atoms with Crippen molar-refractivity contribution in [3.05, 3.63) is 47.7 Å². The number of hydrogen-bond acceptors (Lipinski definition) is 6. The predicted molar refractivity (Wildman–Crippen MR) is 114 cm³/mol. The Balaban J connectivity index is 1.39. The van der Waals surface area contributed by atoms with E-state index in [1.165, 1.54) is 16.4 Å². The first-order valence-electron chi connectivity index (χ1n) is 10.0. The molecule has 3 heterocycles. The second kappa shape index (κ2) is 8.87. The highest BCUT2D eigenvalue weighted by Crippen LogP contribution is 2.26. The lowest BCUT2D eigenvalue weighted by atomic mass is 9.98. The number of anilines is 1. The van der Waals surface area contributed by atoms with Gasteiger partial charge in [-0.2, -0.15) is 4.31 Å². The summed E-state index contributed by atoms with van der Waals surface area (Å²) in [6.45, 7) is 3.12. The molecular formula is C20H24ClN5O3S. The Morgan fingerprint density at radius 2 is 1.67 bits per heavy atom. The highest BCUT2D eigenvalue weighted by Gasteiger charge is 2.36. The van der Waals surface area contributed by atoms with Crippen molar-refractivity contribution in [3.63, 3.8) is 0 Å². The summed E-state index contributed by atoms with van der Waals surface area (Å²) in [5.74, 6) is 0.377. The number of aromatic nitrogens is 2. The SMILES string of the molecule is O=C(C1CCCN(S(=O)(=O)c2ccc(Cl)cc2)C1)N1CCN(c2ncccn2)CC1. The van der Waals surface area contributed by atoms with Gasteiger partial charge in [0, 0.05) is 56.7 Å². The van der Waals surface area contributed by atoms with E-state index in [4.69, 9.17) is 11.6 Å². The van der Waals surface area contributed by atoms with Crippen molar-refractivity contribution < 1.29 is 13.2 Å². The van der Waals surface area contributed by atoms with Gasteiger partial charge in [0.15, 0.2) is 0 Å². The van der Waals surface area contributed by atoms with Crippen LogP contribution in [-0.2, 0) is 14.8 Å². The molecule has 8 nitrogen and oxygen atoms in total. The molecule has 0 spiro atoms. The number of hydrogen-bond donors (Lipinski definition) is 0. The topological polar surface area (TPSA) is 86.7 Å². The average molecular weight is 450 g/mol. The van der Waals surface area contributed by atoms with E-state index in [1.807, 2.05) is 4.90 Å². The van der Waals surface area contributed by atoms with Crippen LogP contribution < -0.4 is 4.90 Å². The lowest BCUT2D eigenvalue weighted by Crippen LogP contribution is -2.53. The summed E-state index contributed by atoms with van der Waals surface area (Å²) in [7, 11) is -3.64. The molecule has 0 bridgehead atoms. The fraction of sp³-hybridized carbons (Fsp3) is 0.450. The minimum atomic E-state index is -3.64. The molecule has 1 aromatic carbocycles. The number of nitrogens with zero attached hydrogens (tertiary/aromatic N) is 5. The fourth-order valence-electron chi connectivity index (χ4n) is 3.96. The number of piperazine rings is 1. The highest BCUT2D eigenvalue weighted by atomic mass is 35.5. The van der Waals surface area contributed by atoms with Crippen LogP contribution in [0.1, 0.15) is 12.8 Å². The van der Waals surface area contributed by atoms with Gasteiger partial charge < -0.3 is 9.80 Å². The van der Waals surface area contributed by atoms with Crippen LogP contribution in [0.4, 0.5) is 5.95 Å². The van der Waals surface area contributed by atoms with Crippen molar-refractivity contribution in [2.24, 2.45) is 5.92 Å². The lowest BCUT2D eigenvalue weighted by molar-refractivity contribution is -0.137. The molecule has 0 N–H and O–H groups in total. The third-order valence-electron chi connectivity index (χ3n) is 5.61. The molecule has 1 unspecified atom stereocenters. The van der Waals surface area contributed by atoms with Gasteiger partial charge in [-0.25, -0.2) is 18.4 Å². The van der Waals surface area contributed by atoms with E-state index in [0.717, 1.165) is 0 Å². The summed E-state index contributed by atoms with van der Waals surface area (Å²) in [5.41, 5.74) is 0. The summed E-state index contributed by atoms with van der Waals surface area (Å²) in [5, 5.41) is 0.487. The Labute approximate surface area is 181 Å². The lowest BCUT2D eigenvalue weighted by Gasteiger charge is -2.38. The molecule has 1 aromatic heterocycles. The van der Waals surface area contributed by atoms with Crippen LogP contribution in [0.2, 0.25) is 5.02 Å². The molecule has 0 radical (unpaired) electrons. The molecule has 2 aliphatic heterocycles. The number of piperidine rings is 1. The van der Waals surface area contributed by atoms with Gasteiger partial charge in [0.2, 0.25) is 21.9 Å². The normalized spacial score (nSPS) is 20.9. The van der Waals surface area contributed by atoms with Crippen LogP contribution in [0.15, 0.2) is 47.6 Å². The van der Waals surface area contributed by atoms with Gasteiger partial charge in [0.25, 0.3) is 0 Å². The van der Waals surface area contributed by atoms with E-state index >= 15 is 0 Å². The first kappa shape index (κ1) is 21.0. The zero-order valence-corrected chi connectivity index (χ0v) is 18.1. The zero-order valence-electron chi connectivity index (χ0n) is 16.5. The molecule has 0 aliphatic carbocycles. The van der Waals surface area contributed by atoms with Crippen molar-refractivity contribution in [2.45, 2.75) is 17.7 Å². The van der Waals surface area contributed by atoms with Crippen molar-refractivity contribution in [1.29, 1.82) is 0 Å². The van der Waals surface area contributed by atoms with Crippen molar-refractivity contribution in [1.82, 2.24) is 19.2 Å². The predicted octanol–water partition coefficient (Wildman–Crippen LogP) is 1.88. The van der Waals surface area contributed by atoms with Gasteiger partial charge in [-0.3, -0.25) is 4.79 Å². The maximum absolute atomic E-state index is 13.1. The monoisotopic (exact) mass is 449 g/mol. The van der Waals surface area contributed by atoms with E-state index in [9.17, 15) is 13.2 Å². The second-order valence-electron chi connectivity index (χ2n) is 7.52. The minimum Gasteiger partial charge on any atom is -0.339 e. The van der Waals surface area contributed by atoms with Crippen LogP contribution in [0.5, 0.6) is 0 Å². The van der Waals surface area contributed by atoms with Crippen LogP contribution in [0.3, 0.4) is 0 Å². The van der Waals surface area contributed by atoms with Gasteiger partial charge >= 0.3 is 0 Å². The molecule has 2 fully saturated rings. The summed E-state index contributed by atoms with van der Waals surface area (Å²) >= 11 is 5.88. The van der Waals surface area contributed by atoms with Gasteiger partial charge in [0.1, 0.15) is 0 Å². The number of carbonyl (C=O) groups excluding carboxylic acids is 1. The smallest absolute Gasteiger partial charge is 0.243 e. The van der Waals surface area contributed by atoms with Crippen molar-refractivity contribution >= 4 is 33.5 Å². The molecule has 30 heavy (non-hydrogen) atoms. The number of sulfonamides is 1. The summed E-state index contributed by atoms with van der Waals surface area (Å²) < 4.78 is 27.4. The number of carbonyl (C=O) groups is 1. The Morgan fingerprint density at radius 1 is 1.00 bits per heavy atom. The largest absolute Gasteiger partial charge is 0.339 e.